The van der Waals surface area contributed by atoms with Crippen molar-refractivity contribution in [3.63, 3.8) is 0 Å². The fraction of sp³-hybridized carbons (Fsp3) is 0.364. The zero-order chi connectivity index (χ0) is 21.5. The normalized spacial score (nSPS) is 16.6. The van der Waals surface area contributed by atoms with Crippen LogP contribution in [0.1, 0.15) is 34.9 Å². The van der Waals surface area contributed by atoms with E-state index in [2.05, 4.69) is 13.5 Å². The molecule has 2 aromatic heterocycles. The first-order valence-corrected chi connectivity index (χ1v) is 11.5. The molecular weight excluding hydrogens is 429 g/mol. The van der Waals surface area contributed by atoms with Crippen LogP contribution in [0, 0.1) is 5.92 Å². The van der Waals surface area contributed by atoms with Crippen LogP contribution < -0.4 is 5.56 Å². The van der Waals surface area contributed by atoms with E-state index >= 15 is 0 Å². The summed E-state index contributed by atoms with van der Waals surface area (Å²) in [6.45, 7) is 6.27. The van der Waals surface area contributed by atoms with Crippen molar-refractivity contribution in [2.45, 2.75) is 49.8 Å². The summed E-state index contributed by atoms with van der Waals surface area (Å²) in [6, 6.07) is 5.26. The Labute approximate surface area is 180 Å². The number of aryl methyl sites for hydroxylation is 1. The summed E-state index contributed by atoms with van der Waals surface area (Å²) in [7, 11) is 0. The number of halogens is 3. The third-order valence-electron chi connectivity index (χ3n) is 5.31. The van der Waals surface area contributed by atoms with Crippen molar-refractivity contribution in [3.8, 4) is 0 Å². The van der Waals surface area contributed by atoms with Gasteiger partial charge < -0.3 is 0 Å². The average molecular weight is 451 g/mol. The number of nitrogens with zero attached hydrogens (tertiary/aromatic N) is 2. The predicted octanol–water partition coefficient (Wildman–Crippen LogP) is 6.08. The van der Waals surface area contributed by atoms with E-state index in [0.717, 1.165) is 41.8 Å². The van der Waals surface area contributed by atoms with Crippen molar-refractivity contribution in [2.75, 3.05) is 0 Å². The number of rotatable bonds is 5. The zero-order valence-electron chi connectivity index (χ0n) is 16.5. The summed E-state index contributed by atoms with van der Waals surface area (Å²) in [6.07, 6.45) is 0.175. The summed E-state index contributed by atoms with van der Waals surface area (Å²) in [5, 5.41) is 1.21. The second-order valence-corrected chi connectivity index (χ2v) is 9.64. The van der Waals surface area contributed by atoms with E-state index in [4.69, 9.17) is 4.98 Å². The van der Waals surface area contributed by atoms with Gasteiger partial charge in [-0.05, 0) is 42.4 Å². The van der Waals surface area contributed by atoms with Crippen LogP contribution >= 0.6 is 23.1 Å². The molecule has 2 heterocycles. The van der Waals surface area contributed by atoms with Gasteiger partial charge in [0.15, 0.2) is 5.16 Å². The number of alkyl halides is 3. The standard InChI is InChI=1S/C22H21F3N2OS2/c1-3-9-27-20(28)18-16-8-7-13(2)10-17(16)30-19(18)26-21(27)29-12-14-5-4-6-15(11-14)22(23,24)25/h3-6,11,13H,1,7-10,12H2,2H3. The van der Waals surface area contributed by atoms with E-state index in [1.54, 1.807) is 28.0 Å². The molecule has 158 valence electrons. The third kappa shape index (κ3) is 4.07. The lowest BCUT2D eigenvalue weighted by Crippen LogP contribution is -2.23. The Bertz CT molecular complexity index is 1160. The van der Waals surface area contributed by atoms with Gasteiger partial charge in [0.05, 0.1) is 10.9 Å². The molecule has 0 N–H and O–H groups in total. The number of benzene rings is 1. The Morgan fingerprint density at radius 3 is 2.93 bits per heavy atom. The van der Waals surface area contributed by atoms with E-state index in [0.29, 0.717) is 34.3 Å². The monoisotopic (exact) mass is 450 g/mol. The lowest BCUT2D eigenvalue weighted by Gasteiger charge is -2.17. The maximum absolute atomic E-state index is 13.3. The Morgan fingerprint density at radius 2 is 2.20 bits per heavy atom. The molecule has 0 radical (unpaired) electrons. The molecule has 0 spiro atoms. The van der Waals surface area contributed by atoms with Crippen LogP contribution in [0.4, 0.5) is 13.2 Å². The zero-order valence-corrected chi connectivity index (χ0v) is 18.1. The minimum absolute atomic E-state index is 0.0847. The molecule has 30 heavy (non-hydrogen) atoms. The van der Waals surface area contributed by atoms with Crippen molar-refractivity contribution in [2.24, 2.45) is 5.92 Å². The van der Waals surface area contributed by atoms with Gasteiger partial charge in [-0.3, -0.25) is 9.36 Å². The van der Waals surface area contributed by atoms with Crippen molar-refractivity contribution in [1.29, 1.82) is 0 Å². The molecule has 1 aliphatic rings. The van der Waals surface area contributed by atoms with Gasteiger partial charge in [-0.25, -0.2) is 4.98 Å². The van der Waals surface area contributed by atoms with E-state index < -0.39 is 11.7 Å². The van der Waals surface area contributed by atoms with E-state index in [1.807, 2.05) is 0 Å². The molecule has 4 rings (SSSR count). The molecule has 0 aliphatic heterocycles. The molecule has 3 nitrogen and oxygen atoms in total. The smallest absolute Gasteiger partial charge is 0.283 e. The largest absolute Gasteiger partial charge is 0.416 e. The summed E-state index contributed by atoms with van der Waals surface area (Å²) in [4.78, 5) is 20.0. The number of thiophene rings is 1. The molecule has 3 aromatic rings. The molecule has 1 aliphatic carbocycles. The second kappa shape index (κ2) is 8.23. The number of aromatic nitrogens is 2. The van der Waals surface area contributed by atoms with Crippen LogP contribution in [0.15, 0.2) is 46.9 Å². The summed E-state index contributed by atoms with van der Waals surface area (Å²) in [5.41, 5.74) is 0.900. The molecule has 0 bridgehead atoms. The van der Waals surface area contributed by atoms with Crippen molar-refractivity contribution < 1.29 is 13.2 Å². The van der Waals surface area contributed by atoms with Gasteiger partial charge in [0.1, 0.15) is 4.83 Å². The Kier molecular flexibility index (Phi) is 5.81. The van der Waals surface area contributed by atoms with Crippen molar-refractivity contribution in [3.05, 3.63) is 68.8 Å². The maximum Gasteiger partial charge on any atom is 0.416 e. The van der Waals surface area contributed by atoms with E-state index in [9.17, 15) is 18.0 Å². The lowest BCUT2D eigenvalue weighted by molar-refractivity contribution is -0.137. The van der Waals surface area contributed by atoms with Crippen molar-refractivity contribution in [1.82, 2.24) is 9.55 Å². The summed E-state index contributed by atoms with van der Waals surface area (Å²) in [5.74, 6) is 0.886. The summed E-state index contributed by atoms with van der Waals surface area (Å²) < 4.78 is 40.5. The van der Waals surface area contributed by atoms with Crippen LogP contribution in [0.3, 0.4) is 0 Å². The van der Waals surface area contributed by atoms with Gasteiger partial charge in [-0.15, -0.1) is 17.9 Å². The topological polar surface area (TPSA) is 34.9 Å². The van der Waals surface area contributed by atoms with Crippen LogP contribution in [-0.2, 0) is 31.3 Å². The predicted molar refractivity (Wildman–Crippen MR) is 116 cm³/mol. The molecule has 1 unspecified atom stereocenters. The number of allylic oxidation sites excluding steroid dienone is 1. The first-order chi connectivity index (χ1) is 14.3. The van der Waals surface area contributed by atoms with Gasteiger partial charge >= 0.3 is 6.18 Å². The highest BCUT2D eigenvalue weighted by Crippen LogP contribution is 2.37. The fourth-order valence-corrected chi connectivity index (χ4v) is 6.17. The minimum atomic E-state index is -4.38. The fourth-order valence-electron chi connectivity index (χ4n) is 3.79. The van der Waals surface area contributed by atoms with Crippen molar-refractivity contribution >= 4 is 33.3 Å². The highest BCUT2D eigenvalue weighted by atomic mass is 32.2. The van der Waals surface area contributed by atoms with E-state index in [-0.39, 0.29) is 5.56 Å². The molecule has 0 amide bonds. The first kappa shape index (κ1) is 21.2. The Balaban J connectivity index is 1.71. The van der Waals surface area contributed by atoms with Crippen LogP contribution in [0.5, 0.6) is 0 Å². The van der Waals surface area contributed by atoms with Gasteiger partial charge in [-0.2, -0.15) is 13.2 Å². The van der Waals surface area contributed by atoms with Gasteiger partial charge in [0, 0.05) is 17.2 Å². The third-order valence-corrected chi connectivity index (χ3v) is 7.51. The van der Waals surface area contributed by atoms with Gasteiger partial charge in [-0.1, -0.05) is 43.0 Å². The lowest BCUT2D eigenvalue weighted by atomic mass is 9.89. The number of fused-ring (bicyclic) bond motifs is 3. The maximum atomic E-state index is 13.3. The molecule has 1 aromatic carbocycles. The number of thioether (sulfide) groups is 1. The number of hydrogen-bond donors (Lipinski definition) is 0. The highest BCUT2D eigenvalue weighted by Gasteiger charge is 2.30. The summed E-state index contributed by atoms with van der Waals surface area (Å²) >= 11 is 2.85. The molecular formula is C22H21F3N2OS2. The Hall–Kier alpha value is -2.06. The van der Waals surface area contributed by atoms with Crippen LogP contribution in [0.2, 0.25) is 0 Å². The molecule has 0 saturated heterocycles. The van der Waals surface area contributed by atoms with Crippen LogP contribution in [0.25, 0.3) is 10.2 Å². The first-order valence-electron chi connectivity index (χ1n) is 9.73. The highest BCUT2D eigenvalue weighted by molar-refractivity contribution is 7.98. The van der Waals surface area contributed by atoms with E-state index in [1.165, 1.54) is 22.7 Å². The minimum Gasteiger partial charge on any atom is -0.283 e. The van der Waals surface area contributed by atoms with Gasteiger partial charge in [0.25, 0.3) is 5.56 Å². The molecule has 8 heteroatoms. The Morgan fingerprint density at radius 1 is 1.40 bits per heavy atom. The molecule has 1 atom stereocenters. The molecule has 0 saturated carbocycles. The van der Waals surface area contributed by atoms with Gasteiger partial charge in [0.2, 0.25) is 0 Å². The quantitative estimate of drug-likeness (QED) is 0.268. The average Bonchev–Trinajstić information content (AvgIpc) is 3.06. The molecule has 0 fully saturated rings. The number of hydrogen-bond acceptors (Lipinski definition) is 4. The SMILES string of the molecule is C=CCn1c(SCc2cccc(C(F)(F)F)c2)nc2sc3c(c2c1=O)CCC(C)C3. The second-order valence-electron chi connectivity index (χ2n) is 7.62. The van der Waals surface area contributed by atoms with Crippen LogP contribution in [-0.4, -0.2) is 9.55 Å².